The molecule has 0 saturated carbocycles. The highest BCUT2D eigenvalue weighted by Crippen LogP contribution is 2.22. The highest BCUT2D eigenvalue weighted by atomic mass is 35.5. The Bertz CT molecular complexity index is 303. The van der Waals surface area contributed by atoms with Crippen molar-refractivity contribution in [3.05, 3.63) is 34.9 Å². The Kier molecular flexibility index (Phi) is 5.09. The Morgan fingerprint density at radius 2 is 2.00 bits per heavy atom. The summed E-state index contributed by atoms with van der Waals surface area (Å²) in [6.45, 7) is 4.90. The molecule has 0 saturated heterocycles. The minimum Gasteiger partial charge on any atom is -0.383 e. The first kappa shape index (κ1) is 12.5. The van der Waals surface area contributed by atoms with Gasteiger partial charge < -0.3 is 10.1 Å². The second kappa shape index (κ2) is 6.11. The molecule has 0 aliphatic rings. The maximum absolute atomic E-state index is 6.11. The molecule has 0 spiro atoms. The van der Waals surface area contributed by atoms with Crippen molar-refractivity contribution in [2.75, 3.05) is 13.7 Å². The molecular formula is C12H18ClNO. The van der Waals surface area contributed by atoms with Gasteiger partial charge in [0.25, 0.3) is 0 Å². The van der Waals surface area contributed by atoms with E-state index in [2.05, 4.69) is 19.2 Å². The van der Waals surface area contributed by atoms with Crippen molar-refractivity contribution in [3.63, 3.8) is 0 Å². The molecule has 84 valence electrons. The molecule has 0 heterocycles. The van der Waals surface area contributed by atoms with Crippen LogP contribution in [0.1, 0.15) is 25.5 Å². The minimum atomic E-state index is 0.240. The van der Waals surface area contributed by atoms with Crippen LogP contribution in [0.3, 0.4) is 0 Å². The number of hydrogen-bond donors (Lipinski definition) is 1. The summed E-state index contributed by atoms with van der Waals surface area (Å²) in [7, 11) is 1.71. The summed E-state index contributed by atoms with van der Waals surface area (Å²) in [6, 6.07) is 8.46. The van der Waals surface area contributed by atoms with Crippen molar-refractivity contribution in [1.82, 2.24) is 5.32 Å². The highest BCUT2D eigenvalue weighted by molar-refractivity contribution is 6.31. The van der Waals surface area contributed by atoms with Crippen molar-refractivity contribution in [3.8, 4) is 0 Å². The molecule has 0 amide bonds. The van der Waals surface area contributed by atoms with Gasteiger partial charge in [0.15, 0.2) is 0 Å². The third kappa shape index (κ3) is 3.82. The average molecular weight is 228 g/mol. The highest BCUT2D eigenvalue weighted by Gasteiger charge is 2.11. The number of rotatable bonds is 5. The normalized spacial score (nSPS) is 14.9. The zero-order chi connectivity index (χ0) is 11.3. The molecule has 0 aromatic heterocycles. The quantitative estimate of drug-likeness (QED) is 0.835. The van der Waals surface area contributed by atoms with E-state index in [0.717, 1.165) is 10.6 Å². The summed E-state index contributed by atoms with van der Waals surface area (Å²) in [5, 5.41) is 4.24. The maximum atomic E-state index is 6.11. The predicted molar refractivity (Wildman–Crippen MR) is 64.3 cm³/mol. The van der Waals surface area contributed by atoms with E-state index in [1.54, 1.807) is 7.11 Å². The van der Waals surface area contributed by atoms with E-state index in [4.69, 9.17) is 16.3 Å². The van der Waals surface area contributed by atoms with Crippen LogP contribution in [-0.4, -0.2) is 19.8 Å². The van der Waals surface area contributed by atoms with Gasteiger partial charge in [-0.2, -0.15) is 0 Å². The van der Waals surface area contributed by atoms with Gasteiger partial charge >= 0.3 is 0 Å². The Balaban J connectivity index is 2.61. The molecule has 0 fully saturated rings. The van der Waals surface area contributed by atoms with Gasteiger partial charge in [0, 0.05) is 24.2 Å². The van der Waals surface area contributed by atoms with Crippen LogP contribution in [0.5, 0.6) is 0 Å². The van der Waals surface area contributed by atoms with E-state index < -0.39 is 0 Å². The third-order valence-electron chi connectivity index (χ3n) is 2.32. The zero-order valence-corrected chi connectivity index (χ0v) is 10.2. The van der Waals surface area contributed by atoms with E-state index in [1.807, 2.05) is 24.3 Å². The van der Waals surface area contributed by atoms with Crippen molar-refractivity contribution in [1.29, 1.82) is 0 Å². The van der Waals surface area contributed by atoms with Crippen LogP contribution in [0.4, 0.5) is 0 Å². The van der Waals surface area contributed by atoms with Crippen LogP contribution in [-0.2, 0) is 4.74 Å². The van der Waals surface area contributed by atoms with Gasteiger partial charge in [-0.05, 0) is 25.5 Å². The fourth-order valence-electron chi connectivity index (χ4n) is 1.64. The standard InChI is InChI=1S/C12H18ClNO/c1-9(8-15-3)14-10(2)11-6-4-5-7-12(11)13/h4-7,9-10,14H,8H2,1-3H3/t9?,10-/m0/s1. The second-order valence-electron chi connectivity index (χ2n) is 3.77. The average Bonchev–Trinajstić information content (AvgIpc) is 2.18. The predicted octanol–water partition coefficient (Wildman–Crippen LogP) is 3.03. The van der Waals surface area contributed by atoms with Crippen LogP contribution < -0.4 is 5.32 Å². The van der Waals surface area contributed by atoms with Gasteiger partial charge in [-0.15, -0.1) is 0 Å². The molecule has 3 heteroatoms. The third-order valence-corrected chi connectivity index (χ3v) is 2.67. The van der Waals surface area contributed by atoms with Crippen LogP contribution in [0.25, 0.3) is 0 Å². The lowest BCUT2D eigenvalue weighted by Gasteiger charge is -2.20. The molecule has 2 nitrogen and oxygen atoms in total. The Labute approximate surface area is 96.6 Å². The number of nitrogens with one attached hydrogen (secondary N) is 1. The van der Waals surface area contributed by atoms with Crippen LogP contribution >= 0.6 is 11.6 Å². The molecule has 2 atom stereocenters. The number of hydrogen-bond acceptors (Lipinski definition) is 2. The van der Waals surface area contributed by atoms with Gasteiger partial charge in [-0.3, -0.25) is 0 Å². The number of halogens is 1. The monoisotopic (exact) mass is 227 g/mol. The molecule has 1 aromatic carbocycles. The lowest BCUT2D eigenvalue weighted by molar-refractivity contribution is 0.168. The summed E-state index contributed by atoms with van der Waals surface area (Å²) in [5.74, 6) is 0. The first-order chi connectivity index (χ1) is 7.15. The fourth-order valence-corrected chi connectivity index (χ4v) is 1.94. The van der Waals surface area contributed by atoms with Crippen LogP contribution in [0.15, 0.2) is 24.3 Å². The maximum Gasteiger partial charge on any atom is 0.0613 e. The summed E-state index contributed by atoms with van der Waals surface area (Å²) >= 11 is 6.11. The number of ether oxygens (including phenoxy) is 1. The molecule has 0 aliphatic heterocycles. The van der Waals surface area contributed by atoms with E-state index in [9.17, 15) is 0 Å². The fraction of sp³-hybridized carbons (Fsp3) is 0.500. The first-order valence-corrected chi connectivity index (χ1v) is 5.52. The topological polar surface area (TPSA) is 21.3 Å². The SMILES string of the molecule is COCC(C)N[C@@H](C)c1ccccc1Cl. The zero-order valence-electron chi connectivity index (χ0n) is 9.46. The van der Waals surface area contributed by atoms with Crippen molar-refractivity contribution in [2.45, 2.75) is 25.9 Å². The lowest BCUT2D eigenvalue weighted by Crippen LogP contribution is -2.32. The first-order valence-electron chi connectivity index (χ1n) is 5.14. The largest absolute Gasteiger partial charge is 0.383 e. The van der Waals surface area contributed by atoms with Crippen molar-refractivity contribution >= 4 is 11.6 Å². The molecule has 0 bridgehead atoms. The van der Waals surface area contributed by atoms with Gasteiger partial charge in [0.1, 0.15) is 0 Å². The van der Waals surface area contributed by atoms with Crippen molar-refractivity contribution < 1.29 is 4.74 Å². The molecule has 1 rings (SSSR count). The van der Waals surface area contributed by atoms with Crippen LogP contribution in [0.2, 0.25) is 5.02 Å². The Morgan fingerprint density at radius 3 is 2.60 bits per heavy atom. The second-order valence-corrected chi connectivity index (χ2v) is 4.17. The molecule has 15 heavy (non-hydrogen) atoms. The van der Waals surface area contributed by atoms with Gasteiger partial charge in [0.05, 0.1) is 6.61 Å². The smallest absolute Gasteiger partial charge is 0.0613 e. The Hall–Kier alpha value is -0.570. The molecule has 1 unspecified atom stereocenters. The molecule has 1 aromatic rings. The number of benzene rings is 1. The molecule has 0 aliphatic carbocycles. The van der Waals surface area contributed by atoms with E-state index in [-0.39, 0.29) is 6.04 Å². The summed E-state index contributed by atoms with van der Waals surface area (Å²) in [6.07, 6.45) is 0. The van der Waals surface area contributed by atoms with Gasteiger partial charge in [-0.25, -0.2) is 0 Å². The van der Waals surface area contributed by atoms with Gasteiger partial charge in [-0.1, -0.05) is 29.8 Å². The molecule has 1 N–H and O–H groups in total. The van der Waals surface area contributed by atoms with Gasteiger partial charge in [0.2, 0.25) is 0 Å². The lowest BCUT2D eigenvalue weighted by atomic mass is 10.1. The van der Waals surface area contributed by atoms with Crippen molar-refractivity contribution in [2.24, 2.45) is 0 Å². The summed E-state index contributed by atoms with van der Waals surface area (Å²) in [4.78, 5) is 0. The van der Waals surface area contributed by atoms with E-state index >= 15 is 0 Å². The van der Waals surface area contributed by atoms with E-state index in [0.29, 0.717) is 12.6 Å². The summed E-state index contributed by atoms with van der Waals surface area (Å²) < 4.78 is 5.08. The molecule has 0 radical (unpaired) electrons. The molecular weight excluding hydrogens is 210 g/mol. The Morgan fingerprint density at radius 1 is 1.33 bits per heavy atom. The minimum absolute atomic E-state index is 0.240. The van der Waals surface area contributed by atoms with E-state index in [1.165, 1.54) is 0 Å². The summed E-state index contributed by atoms with van der Waals surface area (Å²) in [5.41, 5.74) is 1.13. The van der Waals surface area contributed by atoms with Crippen LogP contribution in [0, 0.1) is 0 Å². The number of methoxy groups -OCH3 is 1.